The third-order valence-electron chi connectivity index (χ3n) is 2.53. The third kappa shape index (κ3) is 2.18. The number of aromatic nitrogens is 4. The second-order valence-electron chi connectivity index (χ2n) is 3.74. The van der Waals surface area contributed by atoms with Crippen molar-refractivity contribution in [3.63, 3.8) is 0 Å². The highest BCUT2D eigenvalue weighted by atomic mass is 16.1. The van der Waals surface area contributed by atoms with Crippen LogP contribution in [-0.2, 0) is 20.5 Å². The van der Waals surface area contributed by atoms with Crippen molar-refractivity contribution in [3.05, 3.63) is 35.9 Å². The molecule has 2 heterocycles. The first-order valence-corrected chi connectivity index (χ1v) is 5.16. The van der Waals surface area contributed by atoms with E-state index in [0.717, 1.165) is 5.69 Å². The van der Waals surface area contributed by atoms with Crippen LogP contribution in [0.4, 0.5) is 0 Å². The van der Waals surface area contributed by atoms with Crippen LogP contribution in [0.2, 0.25) is 0 Å². The molecule has 0 bridgehead atoms. The van der Waals surface area contributed by atoms with Gasteiger partial charge in [-0.2, -0.15) is 10.2 Å². The van der Waals surface area contributed by atoms with Gasteiger partial charge >= 0.3 is 0 Å². The summed E-state index contributed by atoms with van der Waals surface area (Å²) in [5, 5.41) is 8.13. The van der Waals surface area contributed by atoms with Gasteiger partial charge < -0.3 is 0 Å². The Morgan fingerprint density at radius 1 is 1.38 bits per heavy atom. The van der Waals surface area contributed by atoms with E-state index in [-0.39, 0.29) is 5.78 Å². The molecule has 2 aromatic heterocycles. The summed E-state index contributed by atoms with van der Waals surface area (Å²) in [6, 6.07) is 3.66. The fourth-order valence-corrected chi connectivity index (χ4v) is 1.58. The molecule has 84 valence electrons. The molecule has 5 nitrogen and oxygen atoms in total. The van der Waals surface area contributed by atoms with Gasteiger partial charge in [-0.1, -0.05) is 0 Å². The minimum Gasteiger partial charge on any atom is -0.292 e. The lowest BCUT2D eigenvalue weighted by atomic mass is 10.1. The van der Waals surface area contributed by atoms with Crippen LogP contribution in [0.1, 0.15) is 22.6 Å². The minimum atomic E-state index is 0.0711. The van der Waals surface area contributed by atoms with Gasteiger partial charge in [0.2, 0.25) is 0 Å². The van der Waals surface area contributed by atoms with Gasteiger partial charge in [-0.25, -0.2) is 0 Å². The third-order valence-corrected chi connectivity index (χ3v) is 2.53. The first kappa shape index (κ1) is 10.6. The molecular formula is C11H14N4O. The number of rotatable bonds is 4. The van der Waals surface area contributed by atoms with Crippen molar-refractivity contribution in [2.24, 2.45) is 14.1 Å². The lowest BCUT2D eigenvalue weighted by Crippen LogP contribution is -2.05. The molecular weight excluding hydrogens is 204 g/mol. The van der Waals surface area contributed by atoms with Crippen molar-refractivity contribution in [1.29, 1.82) is 0 Å². The molecule has 0 unspecified atom stereocenters. The Bertz CT molecular complexity index is 498. The number of hydrogen-bond acceptors (Lipinski definition) is 3. The van der Waals surface area contributed by atoms with Crippen LogP contribution in [0.5, 0.6) is 0 Å². The van der Waals surface area contributed by atoms with Crippen molar-refractivity contribution in [3.8, 4) is 0 Å². The summed E-state index contributed by atoms with van der Waals surface area (Å²) in [6.07, 6.45) is 4.68. The highest BCUT2D eigenvalue weighted by Gasteiger charge is 2.09. The zero-order valence-corrected chi connectivity index (χ0v) is 9.42. The van der Waals surface area contributed by atoms with E-state index in [1.807, 2.05) is 13.1 Å². The number of aryl methyl sites for hydroxylation is 3. The maximum Gasteiger partial charge on any atom is 0.183 e. The van der Waals surface area contributed by atoms with Crippen LogP contribution in [0.25, 0.3) is 0 Å². The number of Topliss-reactive ketones (excluding diaryl/α,β-unsaturated/α-hetero) is 1. The van der Waals surface area contributed by atoms with E-state index in [0.29, 0.717) is 18.5 Å². The second-order valence-corrected chi connectivity index (χ2v) is 3.74. The van der Waals surface area contributed by atoms with Gasteiger partial charge in [0.25, 0.3) is 0 Å². The Morgan fingerprint density at radius 3 is 2.75 bits per heavy atom. The Morgan fingerprint density at radius 2 is 2.19 bits per heavy atom. The van der Waals surface area contributed by atoms with Gasteiger partial charge in [0.1, 0.15) is 5.69 Å². The van der Waals surface area contributed by atoms with Crippen molar-refractivity contribution in [2.45, 2.75) is 12.8 Å². The Hall–Kier alpha value is -1.91. The summed E-state index contributed by atoms with van der Waals surface area (Å²) in [7, 11) is 3.68. The average Bonchev–Trinajstić information content (AvgIpc) is 2.84. The van der Waals surface area contributed by atoms with Crippen LogP contribution in [0.3, 0.4) is 0 Å². The summed E-state index contributed by atoms with van der Waals surface area (Å²) >= 11 is 0. The maximum absolute atomic E-state index is 11.8. The lowest BCUT2D eigenvalue weighted by Gasteiger charge is -1.99. The number of carbonyl (C=O) groups excluding carboxylic acids is 1. The molecule has 0 saturated heterocycles. The van der Waals surface area contributed by atoms with E-state index in [9.17, 15) is 4.79 Å². The molecule has 2 rings (SSSR count). The summed E-state index contributed by atoms with van der Waals surface area (Å²) in [5.74, 6) is 0.0711. The van der Waals surface area contributed by atoms with Crippen molar-refractivity contribution >= 4 is 5.78 Å². The lowest BCUT2D eigenvalue weighted by molar-refractivity contribution is 0.0977. The predicted molar refractivity (Wildman–Crippen MR) is 59.1 cm³/mol. The molecule has 0 aliphatic carbocycles. The molecule has 0 fully saturated rings. The van der Waals surface area contributed by atoms with E-state index in [1.165, 1.54) is 0 Å². The molecule has 0 aliphatic rings. The summed E-state index contributed by atoms with van der Waals surface area (Å²) in [5.41, 5.74) is 1.59. The molecule has 0 aromatic carbocycles. The number of nitrogens with zero attached hydrogens (tertiary/aromatic N) is 4. The molecule has 0 atom stereocenters. The Labute approximate surface area is 93.7 Å². The number of hydrogen-bond donors (Lipinski definition) is 0. The monoisotopic (exact) mass is 218 g/mol. The predicted octanol–water partition coefficient (Wildman–Crippen LogP) is 0.969. The highest BCUT2D eigenvalue weighted by Crippen LogP contribution is 2.05. The maximum atomic E-state index is 11.8. The van der Waals surface area contributed by atoms with Crippen molar-refractivity contribution < 1.29 is 4.79 Å². The van der Waals surface area contributed by atoms with Gasteiger partial charge in [-0.3, -0.25) is 14.2 Å². The van der Waals surface area contributed by atoms with Crippen molar-refractivity contribution in [2.75, 3.05) is 0 Å². The second kappa shape index (κ2) is 4.30. The van der Waals surface area contributed by atoms with Gasteiger partial charge in [-0.05, 0) is 18.6 Å². The SMILES string of the molecule is Cn1ccc(C(=O)CCc2ccnn2C)n1. The van der Waals surface area contributed by atoms with Gasteiger partial charge in [0.05, 0.1) is 0 Å². The molecule has 0 amide bonds. The van der Waals surface area contributed by atoms with Gasteiger partial charge in [0, 0.05) is 38.6 Å². The van der Waals surface area contributed by atoms with E-state index in [1.54, 1.807) is 34.9 Å². The van der Waals surface area contributed by atoms with Crippen molar-refractivity contribution in [1.82, 2.24) is 19.6 Å². The Balaban J connectivity index is 1.96. The van der Waals surface area contributed by atoms with E-state index >= 15 is 0 Å². The van der Waals surface area contributed by atoms with Crippen LogP contribution in [0, 0.1) is 0 Å². The van der Waals surface area contributed by atoms with Crippen LogP contribution < -0.4 is 0 Å². The molecule has 0 N–H and O–H groups in total. The summed E-state index contributed by atoms with van der Waals surface area (Å²) < 4.78 is 3.42. The standard InChI is InChI=1S/C11H14N4O/c1-14-8-6-10(13-14)11(16)4-3-9-5-7-12-15(9)2/h5-8H,3-4H2,1-2H3. The molecule has 0 radical (unpaired) electrons. The molecule has 0 spiro atoms. The van der Waals surface area contributed by atoms with E-state index in [4.69, 9.17) is 0 Å². The number of carbonyl (C=O) groups is 1. The zero-order valence-electron chi connectivity index (χ0n) is 9.42. The first-order chi connectivity index (χ1) is 7.66. The van der Waals surface area contributed by atoms with Gasteiger partial charge in [0.15, 0.2) is 5.78 Å². The topological polar surface area (TPSA) is 52.7 Å². The van der Waals surface area contributed by atoms with Crippen LogP contribution in [-0.4, -0.2) is 25.3 Å². The highest BCUT2D eigenvalue weighted by molar-refractivity contribution is 5.94. The average molecular weight is 218 g/mol. The fourth-order valence-electron chi connectivity index (χ4n) is 1.58. The normalized spacial score (nSPS) is 10.6. The quantitative estimate of drug-likeness (QED) is 0.718. The molecule has 0 saturated carbocycles. The van der Waals surface area contributed by atoms with E-state index in [2.05, 4.69) is 10.2 Å². The fraction of sp³-hybridized carbons (Fsp3) is 0.364. The van der Waals surface area contributed by atoms with Gasteiger partial charge in [-0.15, -0.1) is 0 Å². The summed E-state index contributed by atoms with van der Waals surface area (Å²) in [4.78, 5) is 11.8. The van der Waals surface area contributed by atoms with Crippen LogP contribution in [0.15, 0.2) is 24.5 Å². The largest absolute Gasteiger partial charge is 0.292 e. The zero-order chi connectivity index (χ0) is 11.5. The van der Waals surface area contributed by atoms with Crippen LogP contribution >= 0.6 is 0 Å². The first-order valence-electron chi connectivity index (χ1n) is 5.16. The van der Waals surface area contributed by atoms with E-state index < -0.39 is 0 Å². The molecule has 2 aromatic rings. The number of ketones is 1. The Kier molecular flexibility index (Phi) is 2.85. The summed E-state index contributed by atoms with van der Waals surface area (Å²) in [6.45, 7) is 0. The smallest absolute Gasteiger partial charge is 0.183 e. The minimum absolute atomic E-state index is 0.0711. The molecule has 5 heteroatoms. The molecule has 0 aliphatic heterocycles. The molecule has 16 heavy (non-hydrogen) atoms.